The summed E-state index contributed by atoms with van der Waals surface area (Å²) >= 11 is 0. The first-order chi connectivity index (χ1) is 10.7. The van der Waals surface area contributed by atoms with Crippen molar-refractivity contribution >= 4 is 23.0 Å². The third kappa shape index (κ3) is 2.51. The van der Waals surface area contributed by atoms with Crippen molar-refractivity contribution in [2.24, 2.45) is 0 Å². The number of carbonyl (C=O) groups excluding carboxylic acids is 1. The van der Waals surface area contributed by atoms with E-state index in [2.05, 4.69) is 11.6 Å². The van der Waals surface area contributed by atoms with Crippen molar-refractivity contribution < 1.29 is 13.9 Å². The number of hydrogen-bond acceptors (Lipinski definition) is 4. The molecular formula is C18H15NO3. The average Bonchev–Trinajstić information content (AvgIpc) is 3.02. The fourth-order valence-electron chi connectivity index (χ4n) is 2.29. The average molecular weight is 293 g/mol. The van der Waals surface area contributed by atoms with Crippen LogP contribution in [0.1, 0.15) is 23.0 Å². The van der Waals surface area contributed by atoms with Crippen LogP contribution in [0.3, 0.4) is 0 Å². The molecule has 110 valence electrons. The Morgan fingerprint density at radius 2 is 2.09 bits per heavy atom. The maximum absolute atomic E-state index is 11.7. The number of furan rings is 1. The predicted octanol–water partition coefficient (Wildman–Crippen LogP) is 4.31. The maximum Gasteiger partial charge on any atom is 0.338 e. The van der Waals surface area contributed by atoms with Crippen LogP contribution >= 0.6 is 0 Å². The van der Waals surface area contributed by atoms with Crippen LogP contribution in [0, 0.1) is 0 Å². The lowest BCUT2D eigenvalue weighted by molar-refractivity contribution is 0.0526. The summed E-state index contributed by atoms with van der Waals surface area (Å²) < 4.78 is 10.4. The van der Waals surface area contributed by atoms with Crippen molar-refractivity contribution in [3.05, 3.63) is 60.5 Å². The molecule has 2 heterocycles. The van der Waals surface area contributed by atoms with Crippen LogP contribution in [0.2, 0.25) is 0 Å². The van der Waals surface area contributed by atoms with Crippen molar-refractivity contribution in [1.82, 2.24) is 4.98 Å². The highest BCUT2D eigenvalue weighted by atomic mass is 16.5. The Bertz CT molecular complexity index is 831. The van der Waals surface area contributed by atoms with E-state index in [4.69, 9.17) is 9.15 Å². The van der Waals surface area contributed by atoms with E-state index < -0.39 is 0 Å². The molecule has 0 fully saturated rings. The molecule has 0 N–H and O–H groups in total. The highest BCUT2D eigenvalue weighted by Crippen LogP contribution is 2.29. The summed E-state index contributed by atoms with van der Waals surface area (Å²) in [6.45, 7) is 5.89. The fourth-order valence-corrected chi connectivity index (χ4v) is 2.29. The molecule has 0 aliphatic heterocycles. The molecule has 0 unspecified atom stereocenters. The highest BCUT2D eigenvalue weighted by Gasteiger charge is 2.11. The molecule has 1 aromatic carbocycles. The van der Waals surface area contributed by atoms with Crippen molar-refractivity contribution in [1.29, 1.82) is 0 Å². The molecule has 3 aromatic rings. The zero-order valence-corrected chi connectivity index (χ0v) is 12.2. The molecule has 4 nitrogen and oxygen atoms in total. The maximum atomic E-state index is 11.7. The molecule has 0 bridgehead atoms. The standard InChI is InChI=1S/C18H15NO3/c1-3-14-11-16-15(9-10-22-16)17(19-14)12-5-7-13(8-6-12)18(20)21-4-2/h3,5-11H,1,4H2,2H3. The number of nitrogens with zero attached hydrogens (tertiary/aromatic N) is 1. The Kier molecular flexibility index (Phi) is 3.74. The van der Waals surface area contributed by atoms with Crippen molar-refractivity contribution in [2.75, 3.05) is 6.61 Å². The Labute approximate surface area is 128 Å². The first-order valence-electron chi connectivity index (χ1n) is 7.01. The van der Waals surface area contributed by atoms with Gasteiger partial charge in [0.25, 0.3) is 0 Å². The van der Waals surface area contributed by atoms with Gasteiger partial charge in [-0.05, 0) is 31.2 Å². The van der Waals surface area contributed by atoms with Crippen LogP contribution in [0.15, 0.2) is 53.7 Å². The fraction of sp³-hybridized carbons (Fsp3) is 0.111. The summed E-state index contributed by atoms with van der Waals surface area (Å²) in [5, 5.41) is 0.925. The molecule has 3 rings (SSSR count). The molecule has 0 aliphatic rings. The van der Waals surface area contributed by atoms with Crippen LogP contribution in [-0.2, 0) is 4.74 Å². The lowest BCUT2D eigenvalue weighted by Crippen LogP contribution is -2.04. The molecule has 0 aliphatic carbocycles. The first-order valence-corrected chi connectivity index (χ1v) is 7.01. The van der Waals surface area contributed by atoms with Crippen LogP contribution in [0.5, 0.6) is 0 Å². The van der Waals surface area contributed by atoms with E-state index in [1.165, 1.54) is 0 Å². The minimum Gasteiger partial charge on any atom is -0.464 e. The highest BCUT2D eigenvalue weighted by molar-refractivity contribution is 5.94. The molecule has 0 saturated carbocycles. The molecule has 0 atom stereocenters. The normalized spacial score (nSPS) is 10.6. The molecule has 0 amide bonds. The molecule has 22 heavy (non-hydrogen) atoms. The van der Waals surface area contributed by atoms with Crippen molar-refractivity contribution in [3.63, 3.8) is 0 Å². The minimum atomic E-state index is -0.324. The van der Waals surface area contributed by atoms with Gasteiger partial charge < -0.3 is 9.15 Å². The van der Waals surface area contributed by atoms with Gasteiger partial charge >= 0.3 is 5.97 Å². The van der Waals surface area contributed by atoms with Gasteiger partial charge in [0, 0.05) is 17.0 Å². The quantitative estimate of drug-likeness (QED) is 0.672. The van der Waals surface area contributed by atoms with Gasteiger partial charge in [-0.1, -0.05) is 18.7 Å². The summed E-state index contributed by atoms with van der Waals surface area (Å²) in [5.74, 6) is -0.324. The zero-order valence-electron chi connectivity index (χ0n) is 12.2. The Morgan fingerprint density at radius 1 is 1.32 bits per heavy atom. The Hall–Kier alpha value is -2.88. The topological polar surface area (TPSA) is 52.3 Å². The van der Waals surface area contributed by atoms with Gasteiger partial charge in [-0.25, -0.2) is 9.78 Å². The number of hydrogen-bond donors (Lipinski definition) is 0. The van der Waals surface area contributed by atoms with Gasteiger partial charge in [-0.3, -0.25) is 0 Å². The van der Waals surface area contributed by atoms with E-state index in [1.54, 1.807) is 31.4 Å². The third-order valence-corrected chi connectivity index (χ3v) is 3.35. The number of aromatic nitrogens is 1. The second kappa shape index (κ2) is 5.85. The number of carbonyl (C=O) groups is 1. The molecular weight excluding hydrogens is 278 g/mol. The summed E-state index contributed by atoms with van der Waals surface area (Å²) in [6.07, 6.45) is 3.31. The summed E-state index contributed by atoms with van der Waals surface area (Å²) in [7, 11) is 0. The number of benzene rings is 1. The van der Waals surface area contributed by atoms with E-state index in [0.717, 1.165) is 27.9 Å². The number of pyridine rings is 1. The molecule has 2 aromatic heterocycles. The summed E-state index contributed by atoms with van der Waals surface area (Å²) in [4.78, 5) is 16.3. The second-order valence-corrected chi connectivity index (χ2v) is 4.73. The van der Waals surface area contributed by atoms with E-state index in [-0.39, 0.29) is 5.97 Å². The zero-order chi connectivity index (χ0) is 15.5. The number of rotatable bonds is 4. The number of fused-ring (bicyclic) bond motifs is 1. The van der Waals surface area contributed by atoms with Gasteiger partial charge in [0.05, 0.1) is 29.8 Å². The van der Waals surface area contributed by atoms with Crippen molar-refractivity contribution in [3.8, 4) is 11.3 Å². The van der Waals surface area contributed by atoms with Crippen LogP contribution in [0.4, 0.5) is 0 Å². The SMILES string of the molecule is C=Cc1cc2occc2c(-c2ccc(C(=O)OCC)cc2)n1. The lowest BCUT2D eigenvalue weighted by Gasteiger charge is -2.06. The monoisotopic (exact) mass is 293 g/mol. The molecule has 0 radical (unpaired) electrons. The predicted molar refractivity (Wildman–Crippen MR) is 85.5 cm³/mol. The van der Waals surface area contributed by atoms with Gasteiger partial charge in [0.1, 0.15) is 5.58 Å². The lowest BCUT2D eigenvalue weighted by atomic mass is 10.1. The van der Waals surface area contributed by atoms with Crippen LogP contribution < -0.4 is 0 Å². The van der Waals surface area contributed by atoms with Gasteiger partial charge in [-0.2, -0.15) is 0 Å². The number of esters is 1. The second-order valence-electron chi connectivity index (χ2n) is 4.73. The van der Waals surface area contributed by atoms with E-state index in [0.29, 0.717) is 12.2 Å². The molecule has 0 saturated heterocycles. The number of ether oxygens (including phenoxy) is 1. The summed E-state index contributed by atoms with van der Waals surface area (Å²) in [6, 6.07) is 10.9. The van der Waals surface area contributed by atoms with Crippen molar-refractivity contribution in [2.45, 2.75) is 6.92 Å². The van der Waals surface area contributed by atoms with Crippen LogP contribution in [0.25, 0.3) is 28.3 Å². The smallest absolute Gasteiger partial charge is 0.338 e. The van der Waals surface area contributed by atoms with E-state index >= 15 is 0 Å². The molecule has 0 spiro atoms. The summed E-state index contributed by atoms with van der Waals surface area (Å²) in [5.41, 5.74) is 3.73. The van der Waals surface area contributed by atoms with E-state index in [9.17, 15) is 4.79 Å². The Morgan fingerprint density at radius 3 is 2.77 bits per heavy atom. The Balaban J connectivity index is 2.05. The first kappa shape index (κ1) is 14.1. The van der Waals surface area contributed by atoms with E-state index in [1.807, 2.05) is 24.3 Å². The van der Waals surface area contributed by atoms with Gasteiger partial charge in [0.15, 0.2) is 0 Å². The van der Waals surface area contributed by atoms with Gasteiger partial charge in [0.2, 0.25) is 0 Å². The molecule has 4 heteroatoms. The third-order valence-electron chi connectivity index (χ3n) is 3.35. The largest absolute Gasteiger partial charge is 0.464 e. The van der Waals surface area contributed by atoms with Crippen LogP contribution in [-0.4, -0.2) is 17.6 Å². The minimum absolute atomic E-state index is 0.324. The van der Waals surface area contributed by atoms with Gasteiger partial charge in [-0.15, -0.1) is 0 Å².